The molecule has 1 atom stereocenters. The highest BCUT2D eigenvalue weighted by Gasteiger charge is 2.16. The van der Waals surface area contributed by atoms with Crippen LogP contribution in [0.15, 0.2) is 42.5 Å². The first-order valence-electron chi connectivity index (χ1n) is 8.18. The second kappa shape index (κ2) is 6.99. The molecule has 0 aliphatic heterocycles. The summed E-state index contributed by atoms with van der Waals surface area (Å²) in [6.07, 6.45) is -0.800. The number of aromatic nitrogens is 1. The van der Waals surface area contributed by atoms with Crippen molar-refractivity contribution in [2.24, 2.45) is 0 Å². The number of benzene rings is 2. The van der Waals surface area contributed by atoms with Crippen LogP contribution in [-0.4, -0.2) is 29.7 Å². The average molecular weight is 338 g/mol. The average Bonchev–Trinajstić information content (AvgIpc) is 2.95. The van der Waals surface area contributed by atoms with E-state index in [0.717, 1.165) is 22.0 Å². The summed E-state index contributed by atoms with van der Waals surface area (Å²) in [5, 5.41) is 14.1. The Bertz CT molecular complexity index is 914. The molecule has 3 N–H and O–H groups in total. The van der Waals surface area contributed by atoms with Crippen molar-refractivity contribution in [1.29, 1.82) is 0 Å². The van der Waals surface area contributed by atoms with E-state index in [1.165, 1.54) is 0 Å². The minimum absolute atomic E-state index is 0.125. The van der Waals surface area contributed by atoms with E-state index in [1.54, 1.807) is 19.2 Å². The molecular weight excluding hydrogens is 316 g/mol. The summed E-state index contributed by atoms with van der Waals surface area (Å²) < 4.78 is 5.16. The predicted molar refractivity (Wildman–Crippen MR) is 98.1 cm³/mol. The number of aryl methyl sites for hydroxylation is 2. The number of aliphatic hydroxyl groups excluding tert-OH is 1. The number of hydrogen-bond acceptors (Lipinski definition) is 3. The Morgan fingerprint density at radius 2 is 2.04 bits per heavy atom. The first-order chi connectivity index (χ1) is 12.0. The lowest BCUT2D eigenvalue weighted by Gasteiger charge is -2.13. The highest BCUT2D eigenvalue weighted by atomic mass is 16.5. The molecule has 3 rings (SSSR count). The van der Waals surface area contributed by atoms with Crippen LogP contribution in [0.1, 0.15) is 33.3 Å². The van der Waals surface area contributed by atoms with Crippen LogP contribution in [0.4, 0.5) is 0 Å². The third-order valence-electron chi connectivity index (χ3n) is 4.38. The van der Waals surface area contributed by atoms with E-state index in [2.05, 4.69) is 16.4 Å². The monoisotopic (exact) mass is 338 g/mol. The Kier molecular flexibility index (Phi) is 4.76. The molecule has 0 spiro atoms. The van der Waals surface area contributed by atoms with Crippen molar-refractivity contribution in [3.05, 3.63) is 64.8 Å². The molecule has 0 aliphatic carbocycles. The Balaban J connectivity index is 1.73. The number of carbonyl (C=O) groups excluding carboxylic acids is 1. The van der Waals surface area contributed by atoms with Gasteiger partial charge < -0.3 is 20.1 Å². The Morgan fingerprint density at radius 1 is 1.24 bits per heavy atom. The van der Waals surface area contributed by atoms with Crippen molar-refractivity contribution in [2.75, 3.05) is 13.7 Å². The number of H-pyrrole nitrogens is 1. The molecule has 0 fully saturated rings. The summed E-state index contributed by atoms with van der Waals surface area (Å²) in [6.45, 7) is 4.07. The molecule has 0 saturated carbocycles. The van der Waals surface area contributed by atoms with Gasteiger partial charge in [-0.15, -0.1) is 0 Å². The van der Waals surface area contributed by atoms with Gasteiger partial charge in [0.25, 0.3) is 5.91 Å². The van der Waals surface area contributed by atoms with E-state index in [9.17, 15) is 9.90 Å². The van der Waals surface area contributed by atoms with Crippen molar-refractivity contribution < 1.29 is 14.6 Å². The van der Waals surface area contributed by atoms with Crippen LogP contribution in [0.25, 0.3) is 10.9 Å². The van der Waals surface area contributed by atoms with Gasteiger partial charge in [0, 0.05) is 17.4 Å². The molecule has 2 aromatic carbocycles. The topological polar surface area (TPSA) is 74.3 Å². The van der Waals surface area contributed by atoms with Gasteiger partial charge in [-0.25, -0.2) is 0 Å². The van der Waals surface area contributed by atoms with E-state index < -0.39 is 6.10 Å². The van der Waals surface area contributed by atoms with E-state index in [1.807, 2.05) is 38.1 Å². The third-order valence-corrected chi connectivity index (χ3v) is 4.38. The molecule has 1 aromatic heterocycles. The standard InChI is InChI=1S/C20H22N2O3/c1-12-7-8-17-16(9-12)13(2)19(22-17)20(24)21-11-18(23)14-5-4-6-15(10-14)25-3/h4-10,18,22-23H,11H2,1-3H3,(H,21,24). The highest BCUT2D eigenvalue weighted by Crippen LogP contribution is 2.23. The van der Waals surface area contributed by atoms with E-state index in [4.69, 9.17) is 4.74 Å². The van der Waals surface area contributed by atoms with E-state index >= 15 is 0 Å². The number of methoxy groups -OCH3 is 1. The molecule has 0 bridgehead atoms. The fourth-order valence-electron chi connectivity index (χ4n) is 2.91. The first-order valence-corrected chi connectivity index (χ1v) is 8.18. The Morgan fingerprint density at radius 3 is 2.80 bits per heavy atom. The number of aromatic amines is 1. The quantitative estimate of drug-likeness (QED) is 0.668. The molecule has 3 aromatic rings. The molecule has 0 aliphatic rings. The van der Waals surface area contributed by atoms with Crippen molar-refractivity contribution in [2.45, 2.75) is 20.0 Å². The fraction of sp³-hybridized carbons (Fsp3) is 0.250. The van der Waals surface area contributed by atoms with Crippen LogP contribution in [-0.2, 0) is 0 Å². The number of nitrogens with one attached hydrogen (secondary N) is 2. The van der Waals surface area contributed by atoms with E-state index in [0.29, 0.717) is 17.0 Å². The fourth-order valence-corrected chi connectivity index (χ4v) is 2.91. The van der Waals surface area contributed by atoms with Gasteiger partial charge in [-0.2, -0.15) is 0 Å². The molecule has 1 heterocycles. The second-order valence-electron chi connectivity index (χ2n) is 6.18. The molecule has 25 heavy (non-hydrogen) atoms. The Hall–Kier alpha value is -2.79. The molecule has 5 nitrogen and oxygen atoms in total. The number of carbonyl (C=O) groups is 1. The maximum atomic E-state index is 12.5. The molecule has 5 heteroatoms. The van der Waals surface area contributed by atoms with Crippen LogP contribution in [0, 0.1) is 13.8 Å². The van der Waals surface area contributed by atoms with Gasteiger partial charge in [0.1, 0.15) is 11.4 Å². The predicted octanol–water partition coefficient (Wildman–Crippen LogP) is 3.26. The van der Waals surface area contributed by atoms with Crippen molar-refractivity contribution >= 4 is 16.8 Å². The smallest absolute Gasteiger partial charge is 0.268 e. The van der Waals surface area contributed by atoms with Crippen LogP contribution in [0.2, 0.25) is 0 Å². The van der Waals surface area contributed by atoms with Gasteiger partial charge in [-0.1, -0.05) is 23.8 Å². The number of aliphatic hydroxyl groups is 1. The molecule has 0 saturated heterocycles. The van der Waals surface area contributed by atoms with Gasteiger partial charge in [0.2, 0.25) is 0 Å². The summed E-state index contributed by atoms with van der Waals surface area (Å²) in [6, 6.07) is 13.2. The van der Waals surface area contributed by atoms with Gasteiger partial charge in [0.15, 0.2) is 0 Å². The molecule has 0 radical (unpaired) electrons. The summed E-state index contributed by atoms with van der Waals surface area (Å²) in [4.78, 5) is 15.7. The van der Waals surface area contributed by atoms with Crippen LogP contribution in [0.3, 0.4) is 0 Å². The zero-order valence-electron chi connectivity index (χ0n) is 14.6. The van der Waals surface area contributed by atoms with Gasteiger partial charge in [-0.3, -0.25) is 4.79 Å². The number of fused-ring (bicyclic) bond motifs is 1. The normalized spacial score (nSPS) is 12.2. The van der Waals surface area contributed by atoms with Gasteiger partial charge >= 0.3 is 0 Å². The SMILES string of the molecule is COc1cccc(C(O)CNC(=O)c2[nH]c3ccc(C)cc3c2C)c1. The van der Waals surface area contributed by atoms with E-state index in [-0.39, 0.29) is 12.5 Å². The summed E-state index contributed by atoms with van der Waals surface area (Å²) in [7, 11) is 1.58. The van der Waals surface area contributed by atoms with Crippen LogP contribution >= 0.6 is 0 Å². The lowest BCUT2D eigenvalue weighted by atomic mass is 10.1. The summed E-state index contributed by atoms with van der Waals surface area (Å²) in [5.74, 6) is 0.443. The highest BCUT2D eigenvalue weighted by molar-refractivity contribution is 6.01. The van der Waals surface area contributed by atoms with Crippen molar-refractivity contribution in [3.63, 3.8) is 0 Å². The second-order valence-corrected chi connectivity index (χ2v) is 6.18. The number of amides is 1. The lowest BCUT2D eigenvalue weighted by molar-refractivity contribution is 0.0911. The van der Waals surface area contributed by atoms with Crippen LogP contribution < -0.4 is 10.1 Å². The Labute approximate surface area is 146 Å². The number of rotatable bonds is 5. The minimum Gasteiger partial charge on any atom is -0.497 e. The molecular formula is C20H22N2O3. The maximum absolute atomic E-state index is 12.5. The summed E-state index contributed by atoms with van der Waals surface area (Å²) in [5.41, 5.74) is 4.21. The van der Waals surface area contributed by atoms with Crippen molar-refractivity contribution in [1.82, 2.24) is 10.3 Å². The maximum Gasteiger partial charge on any atom is 0.268 e. The van der Waals surface area contributed by atoms with Crippen LogP contribution in [0.5, 0.6) is 5.75 Å². The number of ether oxygens (including phenoxy) is 1. The zero-order valence-corrected chi connectivity index (χ0v) is 14.6. The lowest BCUT2D eigenvalue weighted by Crippen LogP contribution is -2.29. The number of hydrogen-bond donors (Lipinski definition) is 3. The molecule has 1 amide bonds. The van der Waals surface area contributed by atoms with Gasteiger partial charge in [-0.05, 0) is 49.2 Å². The van der Waals surface area contributed by atoms with Crippen molar-refractivity contribution in [3.8, 4) is 5.75 Å². The zero-order chi connectivity index (χ0) is 18.0. The summed E-state index contributed by atoms with van der Waals surface area (Å²) >= 11 is 0. The first kappa shape index (κ1) is 17.0. The van der Waals surface area contributed by atoms with Gasteiger partial charge in [0.05, 0.1) is 13.2 Å². The molecule has 1 unspecified atom stereocenters. The minimum atomic E-state index is -0.800. The molecule has 130 valence electrons. The third kappa shape index (κ3) is 3.51. The largest absolute Gasteiger partial charge is 0.497 e.